The summed E-state index contributed by atoms with van der Waals surface area (Å²) in [5, 5.41) is 0. The summed E-state index contributed by atoms with van der Waals surface area (Å²) in [7, 11) is 0. The van der Waals surface area contributed by atoms with Crippen molar-refractivity contribution in [2.24, 2.45) is 5.73 Å². The summed E-state index contributed by atoms with van der Waals surface area (Å²) in [5.41, 5.74) is 5.04. The van der Waals surface area contributed by atoms with Crippen LogP contribution < -0.4 is 5.73 Å². The number of halogens is 2. The molecule has 0 amide bonds. The second-order valence-electron chi connectivity index (χ2n) is 4.43. The van der Waals surface area contributed by atoms with Crippen LogP contribution in [0.1, 0.15) is 25.3 Å². The van der Waals surface area contributed by atoms with E-state index < -0.39 is 11.2 Å². The second kappa shape index (κ2) is 2.76. The third kappa shape index (κ3) is 1.52. The van der Waals surface area contributed by atoms with Crippen LogP contribution in [0.4, 0.5) is 8.78 Å². The maximum Gasteiger partial charge on any atom is 0.123 e. The molecule has 0 heterocycles. The van der Waals surface area contributed by atoms with Crippen LogP contribution in [0.5, 0.6) is 0 Å². The SMILES string of the molecule is CC1(F)CC(N)(c2ccc(F)cc2)C1. The van der Waals surface area contributed by atoms with Crippen LogP contribution in [0.25, 0.3) is 0 Å². The van der Waals surface area contributed by atoms with Crippen LogP contribution in [0.15, 0.2) is 24.3 Å². The predicted octanol–water partition coefficient (Wildman–Crippen LogP) is 2.50. The highest BCUT2D eigenvalue weighted by Gasteiger charge is 2.50. The Labute approximate surface area is 81.9 Å². The Kier molecular flexibility index (Phi) is 1.89. The van der Waals surface area contributed by atoms with E-state index in [9.17, 15) is 8.78 Å². The van der Waals surface area contributed by atoms with Crippen molar-refractivity contribution in [3.8, 4) is 0 Å². The number of alkyl halides is 1. The Morgan fingerprint density at radius 1 is 1.21 bits per heavy atom. The molecule has 0 atom stereocenters. The van der Waals surface area contributed by atoms with Gasteiger partial charge in [0.05, 0.1) is 0 Å². The molecule has 1 aliphatic rings. The Hall–Kier alpha value is -0.960. The fourth-order valence-electron chi connectivity index (χ4n) is 2.25. The van der Waals surface area contributed by atoms with E-state index in [0.29, 0.717) is 12.8 Å². The maximum atomic E-state index is 13.3. The lowest BCUT2D eigenvalue weighted by Gasteiger charge is -2.48. The van der Waals surface area contributed by atoms with Crippen molar-refractivity contribution < 1.29 is 8.78 Å². The van der Waals surface area contributed by atoms with Crippen molar-refractivity contribution in [1.82, 2.24) is 0 Å². The van der Waals surface area contributed by atoms with Crippen LogP contribution in [0.2, 0.25) is 0 Å². The van der Waals surface area contributed by atoms with Gasteiger partial charge in [-0.1, -0.05) is 12.1 Å². The molecule has 1 fully saturated rings. The van der Waals surface area contributed by atoms with Gasteiger partial charge in [0, 0.05) is 18.4 Å². The van der Waals surface area contributed by atoms with Crippen LogP contribution in [-0.4, -0.2) is 5.67 Å². The minimum atomic E-state index is -1.16. The summed E-state index contributed by atoms with van der Waals surface area (Å²) in [6.07, 6.45) is 0.622. The van der Waals surface area contributed by atoms with Crippen molar-refractivity contribution in [3.63, 3.8) is 0 Å². The summed E-state index contributed by atoms with van der Waals surface area (Å²) in [4.78, 5) is 0. The summed E-state index contributed by atoms with van der Waals surface area (Å²) < 4.78 is 25.9. The standard InChI is InChI=1S/C11H13F2N/c1-10(13)6-11(14,7-10)8-2-4-9(12)5-3-8/h2-5H,6-7,14H2,1H3. The van der Waals surface area contributed by atoms with Gasteiger partial charge < -0.3 is 5.73 Å². The zero-order chi connectivity index (χ0) is 10.4. The van der Waals surface area contributed by atoms with Crippen LogP contribution in [0, 0.1) is 5.82 Å². The van der Waals surface area contributed by atoms with E-state index in [2.05, 4.69) is 0 Å². The highest BCUT2D eigenvalue weighted by Crippen LogP contribution is 2.48. The van der Waals surface area contributed by atoms with E-state index in [4.69, 9.17) is 5.73 Å². The molecule has 0 bridgehead atoms. The van der Waals surface area contributed by atoms with Crippen molar-refractivity contribution in [1.29, 1.82) is 0 Å². The molecule has 1 saturated carbocycles. The third-order valence-electron chi connectivity index (χ3n) is 2.79. The smallest absolute Gasteiger partial charge is 0.123 e. The Morgan fingerprint density at radius 3 is 2.14 bits per heavy atom. The fourth-order valence-corrected chi connectivity index (χ4v) is 2.25. The highest BCUT2D eigenvalue weighted by atomic mass is 19.1. The first-order valence-corrected chi connectivity index (χ1v) is 4.65. The lowest BCUT2D eigenvalue weighted by atomic mass is 9.64. The van der Waals surface area contributed by atoms with Crippen molar-refractivity contribution in [3.05, 3.63) is 35.6 Å². The second-order valence-corrected chi connectivity index (χ2v) is 4.43. The summed E-state index contributed by atoms with van der Waals surface area (Å²) in [6.45, 7) is 1.54. The topological polar surface area (TPSA) is 26.0 Å². The number of hydrogen-bond donors (Lipinski definition) is 1. The molecular weight excluding hydrogens is 184 g/mol. The molecule has 2 rings (SSSR count). The van der Waals surface area contributed by atoms with Gasteiger partial charge in [0.25, 0.3) is 0 Å². The Morgan fingerprint density at radius 2 is 1.71 bits per heavy atom. The summed E-state index contributed by atoms with van der Waals surface area (Å²) in [5.74, 6) is -0.292. The molecule has 0 aliphatic heterocycles. The molecule has 0 radical (unpaired) electrons. The molecule has 1 nitrogen and oxygen atoms in total. The largest absolute Gasteiger partial charge is 0.321 e. The molecule has 0 saturated heterocycles. The third-order valence-corrected chi connectivity index (χ3v) is 2.79. The molecular formula is C11H13F2N. The summed E-state index contributed by atoms with van der Waals surface area (Å²) >= 11 is 0. The van der Waals surface area contributed by atoms with E-state index in [1.165, 1.54) is 12.1 Å². The highest BCUT2D eigenvalue weighted by molar-refractivity contribution is 5.29. The van der Waals surface area contributed by atoms with Gasteiger partial charge in [-0.3, -0.25) is 0 Å². The average molecular weight is 197 g/mol. The molecule has 14 heavy (non-hydrogen) atoms. The first-order valence-electron chi connectivity index (χ1n) is 4.65. The summed E-state index contributed by atoms with van der Waals surface area (Å²) in [6, 6.07) is 5.98. The molecule has 1 aromatic rings. The van der Waals surface area contributed by atoms with Gasteiger partial charge in [0.15, 0.2) is 0 Å². The van der Waals surface area contributed by atoms with Gasteiger partial charge in [-0.25, -0.2) is 8.78 Å². The number of benzene rings is 1. The molecule has 3 heteroatoms. The van der Waals surface area contributed by atoms with Gasteiger partial charge in [-0.15, -0.1) is 0 Å². The number of rotatable bonds is 1. The van der Waals surface area contributed by atoms with Crippen LogP contribution >= 0.6 is 0 Å². The van der Waals surface area contributed by atoms with E-state index in [1.54, 1.807) is 19.1 Å². The number of hydrogen-bond acceptors (Lipinski definition) is 1. The predicted molar refractivity (Wildman–Crippen MR) is 51.0 cm³/mol. The van der Waals surface area contributed by atoms with E-state index in [0.717, 1.165) is 5.56 Å². The Balaban J connectivity index is 2.21. The lowest BCUT2D eigenvalue weighted by molar-refractivity contribution is 0.00130. The minimum Gasteiger partial charge on any atom is -0.321 e. The molecule has 0 spiro atoms. The normalized spacial score (nSPS) is 36.6. The van der Waals surface area contributed by atoms with Gasteiger partial charge in [-0.05, 0) is 24.6 Å². The van der Waals surface area contributed by atoms with Crippen LogP contribution in [-0.2, 0) is 5.54 Å². The zero-order valence-corrected chi connectivity index (χ0v) is 8.06. The zero-order valence-electron chi connectivity index (χ0n) is 8.06. The van der Waals surface area contributed by atoms with Gasteiger partial charge in [0.2, 0.25) is 0 Å². The Bertz CT molecular complexity index is 335. The van der Waals surface area contributed by atoms with E-state index >= 15 is 0 Å². The first kappa shape index (κ1) is 9.59. The average Bonchev–Trinajstić information content (AvgIpc) is 2.01. The monoisotopic (exact) mass is 197 g/mol. The van der Waals surface area contributed by atoms with E-state index in [-0.39, 0.29) is 5.82 Å². The van der Waals surface area contributed by atoms with Crippen molar-refractivity contribution in [2.75, 3.05) is 0 Å². The number of nitrogens with two attached hydrogens (primary N) is 1. The lowest BCUT2D eigenvalue weighted by Crippen LogP contribution is -2.56. The molecule has 1 aliphatic carbocycles. The quantitative estimate of drug-likeness (QED) is 0.735. The van der Waals surface area contributed by atoms with Crippen molar-refractivity contribution >= 4 is 0 Å². The molecule has 2 N–H and O–H groups in total. The van der Waals surface area contributed by atoms with Crippen molar-refractivity contribution in [2.45, 2.75) is 31.0 Å². The molecule has 0 unspecified atom stereocenters. The van der Waals surface area contributed by atoms with Crippen LogP contribution in [0.3, 0.4) is 0 Å². The van der Waals surface area contributed by atoms with Gasteiger partial charge in [0.1, 0.15) is 11.5 Å². The maximum absolute atomic E-state index is 13.3. The molecule has 76 valence electrons. The van der Waals surface area contributed by atoms with Gasteiger partial charge >= 0.3 is 0 Å². The first-order chi connectivity index (χ1) is 6.41. The fraction of sp³-hybridized carbons (Fsp3) is 0.455. The minimum absolute atomic E-state index is 0.292. The van der Waals surface area contributed by atoms with Gasteiger partial charge in [-0.2, -0.15) is 0 Å². The molecule has 0 aromatic heterocycles. The molecule has 1 aromatic carbocycles. The van der Waals surface area contributed by atoms with E-state index in [1.807, 2.05) is 0 Å².